The molecule has 1 N–H and O–H groups in total. The Kier molecular flexibility index (Phi) is 3.22. The molecule has 2 aromatic carbocycles. The van der Waals surface area contributed by atoms with Gasteiger partial charge in [-0.05, 0) is 90.1 Å². The number of H-pyrrole nitrogens is 1. The van der Waals surface area contributed by atoms with Crippen molar-refractivity contribution in [1.29, 1.82) is 0 Å². The highest BCUT2D eigenvalue weighted by Crippen LogP contribution is 2.22. The maximum absolute atomic E-state index is 5.47. The topological polar surface area (TPSA) is 20.7 Å². The third-order valence-corrected chi connectivity index (χ3v) is 4.06. The number of benzene rings is 2. The van der Waals surface area contributed by atoms with Crippen molar-refractivity contribution in [3.63, 3.8) is 0 Å². The van der Waals surface area contributed by atoms with E-state index in [-0.39, 0.29) is 0 Å². The van der Waals surface area contributed by atoms with Crippen molar-refractivity contribution in [2.24, 2.45) is 0 Å². The second-order valence-corrected chi connectivity index (χ2v) is 6.41. The van der Waals surface area contributed by atoms with Gasteiger partial charge in [-0.25, -0.2) is 0 Å². The first-order chi connectivity index (χ1) is 9.04. The molecule has 0 unspecified atom stereocenters. The number of halogens is 1. The van der Waals surface area contributed by atoms with E-state index in [2.05, 4.69) is 82.4 Å². The number of nitrogens with one attached hydrogen (secondary N) is 1. The highest BCUT2D eigenvalue weighted by atomic mass is 127. The Morgan fingerprint density at radius 3 is 2.42 bits per heavy atom. The Hall–Kier alpha value is -1.14. The third kappa shape index (κ3) is 2.34. The number of fused-ring (bicyclic) bond motifs is 1. The van der Waals surface area contributed by atoms with Gasteiger partial charge in [0.2, 0.25) is 0 Å². The summed E-state index contributed by atoms with van der Waals surface area (Å²) in [5.74, 6) is 0. The summed E-state index contributed by atoms with van der Waals surface area (Å²) in [6, 6.07) is 12.8. The first kappa shape index (κ1) is 12.9. The lowest BCUT2D eigenvalue weighted by molar-refractivity contribution is 1.06. The van der Waals surface area contributed by atoms with Gasteiger partial charge >= 0.3 is 0 Å². The fourth-order valence-corrected chi connectivity index (χ4v) is 3.22. The van der Waals surface area contributed by atoms with Crippen LogP contribution < -0.4 is 0 Å². The van der Waals surface area contributed by atoms with Crippen LogP contribution >= 0.6 is 34.8 Å². The van der Waals surface area contributed by atoms with E-state index < -0.39 is 0 Å². The van der Waals surface area contributed by atoms with Crippen molar-refractivity contribution in [2.75, 3.05) is 0 Å². The molecule has 0 radical (unpaired) electrons. The zero-order chi connectivity index (χ0) is 13.6. The van der Waals surface area contributed by atoms with Crippen molar-refractivity contribution in [1.82, 2.24) is 9.55 Å². The number of hydrogen-bond acceptors (Lipinski definition) is 1. The van der Waals surface area contributed by atoms with E-state index in [9.17, 15) is 0 Å². The normalized spacial score (nSPS) is 11.1. The van der Waals surface area contributed by atoms with E-state index in [0.717, 1.165) is 21.5 Å². The minimum absolute atomic E-state index is 0.738. The molecule has 0 aliphatic carbocycles. The fraction of sp³-hybridized carbons (Fsp3) is 0.133. The molecule has 0 saturated carbocycles. The number of nitrogens with zero attached hydrogens (tertiary/aromatic N) is 1. The number of hydrogen-bond donors (Lipinski definition) is 1. The van der Waals surface area contributed by atoms with E-state index in [4.69, 9.17) is 12.2 Å². The molecule has 2 nitrogen and oxygen atoms in total. The standard InChI is InChI=1S/C15H13IN2S/c1-9-5-10(2)7-12(6-9)18-14-4-3-11(16)8-13(14)17-15(18)19/h3-8H,1-2H3,(H,17,19). The predicted octanol–water partition coefficient (Wildman–Crippen LogP) is 4.91. The predicted molar refractivity (Wildman–Crippen MR) is 90.7 cm³/mol. The summed E-state index contributed by atoms with van der Waals surface area (Å²) in [6.45, 7) is 4.22. The van der Waals surface area contributed by atoms with Gasteiger partial charge in [0.15, 0.2) is 4.77 Å². The SMILES string of the molecule is Cc1cc(C)cc(-n2c(=S)[nH]c3cc(I)ccc32)c1. The minimum atomic E-state index is 0.738. The summed E-state index contributed by atoms with van der Waals surface area (Å²) in [6.07, 6.45) is 0. The first-order valence-corrected chi connectivity index (χ1v) is 7.52. The zero-order valence-electron chi connectivity index (χ0n) is 10.7. The quantitative estimate of drug-likeness (QED) is 0.470. The molecule has 0 saturated heterocycles. The summed E-state index contributed by atoms with van der Waals surface area (Å²) in [7, 11) is 0. The van der Waals surface area contributed by atoms with Gasteiger partial charge in [0.25, 0.3) is 0 Å². The van der Waals surface area contributed by atoms with Crippen LogP contribution in [0.3, 0.4) is 0 Å². The Labute approximate surface area is 130 Å². The van der Waals surface area contributed by atoms with Crippen LogP contribution in [0.2, 0.25) is 0 Å². The molecule has 3 rings (SSSR count). The maximum atomic E-state index is 5.47. The molecule has 0 spiro atoms. The van der Waals surface area contributed by atoms with Crippen LogP contribution in [0.4, 0.5) is 0 Å². The van der Waals surface area contributed by atoms with Gasteiger partial charge in [-0.1, -0.05) is 6.07 Å². The Morgan fingerprint density at radius 2 is 1.74 bits per heavy atom. The molecular formula is C15H13IN2S. The van der Waals surface area contributed by atoms with Gasteiger partial charge < -0.3 is 4.98 Å². The minimum Gasteiger partial charge on any atom is -0.330 e. The van der Waals surface area contributed by atoms with E-state index in [1.165, 1.54) is 14.7 Å². The van der Waals surface area contributed by atoms with Gasteiger partial charge in [-0.3, -0.25) is 4.57 Å². The lowest BCUT2D eigenvalue weighted by atomic mass is 10.1. The van der Waals surface area contributed by atoms with Crippen LogP contribution in [-0.4, -0.2) is 9.55 Å². The summed E-state index contributed by atoms with van der Waals surface area (Å²) in [5, 5.41) is 0. The average Bonchev–Trinajstić information content (AvgIpc) is 2.62. The summed E-state index contributed by atoms with van der Waals surface area (Å²) in [5.41, 5.74) is 5.81. The van der Waals surface area contributed by atoms with Crippen LogP contribution in [0.1, 0.15) is 11.1 Å². The van der Waals surface area contributed by atoms with Gasteiger partial charge in [0.1, 0.15) is 0 Å². The molecule has 0 bridgehead atoms. The fourth-order valence-electron chi connectivity index (χ4n) is 2.42. The molecule has 0 amide bonds. The van der Waals surface area contributed by atoms with Crippen molar-refractivity contribution in [3.05, 3.63) is 55.9 Å². The van der Waals surface area contributed by atoms with Crippen molar-refractivity contribution in [2.45, 2.75) is 13.8 Å². The Bertz CT molecular complexity index is 810. The third-order valence-electron chi connectivity index (χ3n) is 3.11. The van der Waals surface area contributed by atoms with E-state index in [1.54, 1.807) is 0 Å². The van der Waals surface area contributed by atoms with Gasteiger partial charge in [0.05, 0.1) is 11.0 Å². The molecule has 0 aliphatic heterocycles. The molecule has 1 heterocycles. The smallest absolute Gasteiger partial charge is 0.182 e. The Morgan fingerprint density at radius 1 is 1.05 bits per heavy atom. The lowest BCUT2D eigenvalue weighted by Crippen LogP contribution is -1.95. The van der Waals surface area contributed by atoms with E-state index >= 15 is 0 Å². The van der Waals surface area contributed by atoms with Crippen LogP contribution in [0.5, 0.6) is 0 Å². The summed E-state index contributed by atoms with van der Waals surface area (Å²) < 4.78 is 4.04. The second-order valence-electron chi connectivity index (χ2n) is 4.77. The molecule has 0 aliphatic rings. The number of aryl methyl sites for hydroxylation is 2. The van der Waals surface area contributed by atoms with Gasteiger partial charge in [-0.2, -0.15) is 0 Å². The van der Waals surface area contributed by atoms with Crippen molar-refractivity contribution in [3.8, 4) is 5.69 Å². The zero-order valence-corrected chi connectivity index (χ0v) is 13.7. The lowest BCUT2D eigenvalue weighted by Gasteiger charge is -2.07. The average molecular weight is 380 g/mol. The largest absolute Gasteiger partial charge is 0.330 e. The van der Waals surface area contributed by atoms with E-state index in [1.807, 2.05) is 0 Å². The number of aromatic amines is 1. The van der Waals surface area contributed by atoms with Crippen molar-refractivity contribution < 1.29 is 0 Å². The molecule has 0 fully saturated rings. The van der Waals surface area contributed by atoms with Crippen LogP contribution in [0, 0.1) is 22.2 Å². The van der Waals surface area contributed by atoms with Crippen LogP contribution in [-0.2, 0) is 0 Å². The van der Waals surface area contributed by atoms with Crippen LogP contribution in [0.15, 0.2) is 36.4 Å². The molecule has 0 atom stereocenters. The monoisotopic (exact) mass is 380 g/mol. The highest BCUT2D eigenvalue weighted by Gasteiger charge is 2.07. The number of rotatable bonds is 1. The number of aromatic nitrogens is 2. The summed E-state index contributed by atoms with van der Waals surface area (Å²) >= 11 is 7.78. The first-order valence-electron chi connectivity index (χ1n) is 6.03. The van der Waals surface area contributed by atoms with Gasteiger partial charge in [-0.15, -0.1) is 0 Å². The highest BCUT2D eigenvalue weighted by molar-refractivity contribution is 14.1. The molecular weight excluding hydrogens is 367 g/mol. The maximum Gasteiger partial charge on any atom is 0.182 e. The van der Waals surface area contributed by atoms with Gasteiger partial charge in [0, 0.05) is 9.26 Å². The van der Waals surface area contributed by atoms with E-state index in [0.29, 0.717) is 0 Å². The van der Waals surface area contributed by atoms with Crippen molar-refractivity contribution >= 4 is 45.8 Å². The summed E-state index contributed by atoms with van der Waals surface area (Å²) in [4.78, 5) is 3.28. The molecule has 1 aromatic heterocycles. The second kappa shape index (κ2) is 4.76. The molecule has 96 valence electrons. The number of imidazole rings is 1. The molecule has 4 heteroatoms. The Balaban J connectivity index is 2.36. The van der Waals surface area contributed by atoms with Crippen LogP contribution in [0.25, 0.3) is 16.7 Å². The molecule has 3 aromatic rings. The molecule has 19 heavy (non-hydrogen) atoms.